The highest BCUT2D eigenvalue weighted by molar-refractivity contribution is 5.89. The Balaban J connectivity index is 1.53. The number of halogens is 3. The molecule has 246 valence electrons. The first-order valence-electron chi connectivity index (χ1n) is 15.9. The van der Waals surface area contributed by atoms with Gasteiger partial charge in [0.1, 0.15) is 29.7 Å². The van der Waals surface area contributed by atoms with Gasteiger partial charge >= 0.3 is 12.3 Å². The summed E-state index contributed by atoms with van der Waals surface area (Å²) < 4.78 is 52.9. The maximum atomic E-state index is 14.1. The molecule has 1 saturated carbocycles. The van der Waals surface area contributed by atoms with E-state index in [1.807, 2.05) is 27.7 Å². The first kappa shape index (κ1) is 32.9. The van der Waals surface area contributed by atoms with Crippen molar-refractivity contribution in [2.75, 3.05) is 6.54 Å². The molecule has 2 fully saturated rings. The molecule has 0 spiro atoms. The van der Waals surface area contributed by atoms with Crippen LogP contribution < -0.4 is 10.1 Å². The van der Waals surface area contributed by atoms with E-state index in [1.165, 1.54) is 11.0 Å². The second-order valence-corrected chi connectivity index (χ2v) is 14.1. The standard InChI is InChI=1S/C33H43F3N4O5/c1-19-25(18-41)40-17-26(19)44-28-23(37-22-14-13-21(33(34,35)36)16-24(22)38-28)12-8-6-7-10-20-11-9-15-32(20,5)45-30(43)39-27(29(40)42)31(2,3)4/h13-14,16,18-20,25-27H,6-12,15,17H2,1-5H3,(H,39,43)/t19-,20+,25+,26-,27+,32+/m0/s1. The summed E-state index contributed by atoms with van der Waals surface area (Å²) in [5.74, 6) is -0.626. The van der Waals surface area contributed by atoms with Gasteiger partial charge in [-0.1, -0.05) is 40.5 Å². The Morgan fingerprint density at radius 2 is 1.78 bits per heavy atom. The number of carbonyl (C=O) groups excluding carboxylic acids is 3. The minimum Gasteiger partial charge on any atom is -0.471 e. The Morgan fingerprint density at radius 3 is 2.47 bits per heavy atom. The van der Waals surface area contributed by atoms with Gasteiger partial charge in [-0.05, 0) is 75.0 Å². The molecule has 2 bridgehead atoms. The maximum Gasteiger partial charge on any atom is 0.416 e. The van der Waals surface area contributed by atoms with Crippen LogP contribution in [0.15, 0.2) is 18.2 Å². The number of aldehydes is 1. The number of rotatable bonds is 1. The van der Waals surface area contributed by atoms with Crippen molar-refractivity contribution in [2.45, 2.75) is 116 Å². The third-order valence-electron chi connectivity index (χ3n) is 9.83. The van der Waals surface area contributed by atoms with Crippen LogP contribution in [0, 0.1) is 17.3 Å². The second-order valence-electron chi connectivity index (χ2n) is 14.1. The Hall–Kier alpha value is -3.44. The minimum absolute atomic E-state index is 0.0221. The highest BCUT2D eigenvalue weighted by Gasteiger charge is 2.48. The highest BCUT2D eigenvalue weighted by Crippen LogP contribution is 2.42. The third-order valence-corrected chi connectivity index (χ3v) is 9.83. The summed E-state index contributed by atoms with van der Waals surface area (Å²) in [7, 11) is 0. The molecule has 3 aliphatic rings. The van der Waals surface area contributed by atoms with Crippen molar-refractivity contribution in [2.24, 2.45) is 17.3 Å². The van der Waals surface area contributed by atoms with Crippen molar-refractivity contribution in [1.29, 1.82) is 0 Å². The van der Waals surface area contributed by atoms with Crippen LogP contribution in [-0.2, 0) is 26.9 Å². The van der Waals surface area contributed by atoms with Crippen molar-refractivity contribution in [1.82, 2.24) is 20.2 Å². The van der Waals surface area contributed by atoms with Crippen molar-refractivity contribution >= 4 is 29.3 Å². The van der Waals surface area contributed by atoms with Crippen LogP contribution >= 0.6 is 0 Å². The fraction of sp³-hybridized carbons (Fsp3) is 0.667. The molecule has 1 saturated heterocycles. The van der Waals surface area contributed by atoms with Gasteiger partial charge in [0.25, 0.3) is 0 Å². The number of ether oxygens (including phenoxy) is 2. The summed E-state index contributed by atoms with van der Waals surface area (Å²) in [5.41, 5.74) is -1.30. The van der Waals surface area contributed by atoms with Crippen LogP contribution in [0.4, 0.5) is 18.0 Å². The molecule has 0 radical (unpaired) electrons. The molecule has 6 atom stereocenters. The summed E-state index contributed by atoms with van der Waals surface area (Å²) in [6.45, 7) is 9.26. The van der Waals surface area contributed by atoms with E-state index in [2.05, 4.69) is 15.3 Å². The van der Waals surface area contributed by atoms with E-state index >= 15 is 0 Å². The summed E-state index contributed by atoms with van der Waals surface area (Å²) in [5, 5.41) is 2.82. The monoisotopic (exact) mass is 632 g/mol. The number of alkyl halides is 3. The molecule has 12 heteroatoms. The Morgan fingerprint density at radius 1 is 1.04 bits per heavy atom. The average Bonchev–Trinajstić information content (AvgIpc) is 3.47. The molecule has 2 amide bonds. The van der Waals surface area contributed by atoms with Crippen LogP contribution in [0.25, 0.3) is 11.0 Å². The van der Waals surface area contributed by atoms with Gasteiger partial charge in [0.15, 0.2) is 0 Å². The molecule has 1 aromatic carbocycles. The number of aryl methyl sites for hydroxylation is 1. The van der Waals surface area contributed by atoms with E-state index in [9.17, 15) is 27.6 Å². The van der Waals surface area contributed by atoms with E-state index in [0.717, 1.165) is 57.1 Å². The number of nitrogens with one attached hydrogen (secondary N) is 1. The lowest BCUT2D eigenvalue weighted by molar-refractivity contribution is -0.139. The fourth-order valence-corrected chi connectivity index (χ4v) is 7.04. The smallest absolute Gasteiger partial charge is 0.416 e. The van der Waals surface area contributed by atoms with Gasteiger partial charge in [-0.3, -0.25) is 4.79 Å². The zero-order valence-electron chi connectivity index (χ0n) is 26.6. The largest absolute Gasteiger partial charge is 0.471 e. The van der Waals surface area contributed by atoms with Gasteiger partial charge in [-0.25, -0.2) is 14.8 Å². The maximum absolute atomic E-state index is 14.1. The van der Waals surface area contributed by atoms with Crippen LogP contribution in [0.2, 0.25) is 0 Å². The number of hydrogen-bond acceptors (Lipinski definition) is 7. The molecule has 2 aliphatic heterocycles. The molecular weight excluding hydrogens is 589 g/mol. The number of nitrogens with zero attached hydrogens (tertiary/aromatic N) is 3. The van der Waals surface area contributed by atoms with Gasteiger partial charge in [0.2, 0.25) is 11.8 Å². The summed E-state index contributed by atoms with van der Waals surface area (Å²) >= 11 is 0. The Bertz CT molecular complexity index is 1440. The number of carbonyl (C=O) groups is 3. The number of alkyl carbamates (subject to hydrolysis) is 1. The normalized spacial score (nSPS) is 30.4. The number of amides is 2. The molecule has 9 nitrogen and oxygen atoms in total. The van der Waals surface area contributed by atoms with E-state index in [1.54, 1.807) is 6.92 Å². The van der Waals surface area contributed by atoms with Crippen LogP contribution in [0.1, 0.15) is 90.8 Å². The Kier molecular flexibility index (Phi) is 9.07. The summed E-state index contributed by atoms with van der Waals surface area (Å²) in [4.78, 5) is 50.3. The summed E-state index contributed by atoms with van der Waals surface area (Å²) in [6.07, 6.45) is 1.29. The van der Waals surface area contributed by atoms with Gasteiger partial charge in [0, 0.05) is 5.92 Å². The summed E-state index contributed by atoms with van der Waals surface area (Å²) in [6, 6.07) is 1.43. The highest BCUT2D eigenvalue weighted by atomic mass is 19.4. The lowest BCUT2D eigenvalue weighted by Crippen LogP contribution is -2.57. The van der Waals surface area contributed by atoms with Gasteiger partial charge < -0.3 is 24.5 Å². The van der Waals surface area contributed by atoms with Crippen molar-refractivity contribution in [3.63, 3.8) is 0 Å². The van der Waals surface area contributed by atoms with Gasteiger partial charge in [0.05, 0.1) is 29.2 Å². The molecular formula is C33H43F3N4O5. The van der Waals surface area contributed by atoms with Crippen LogP contribution in [0.5, 0.6) is 5.88 Å². The third kappa shape index (κ3) is 6.89. The molecule has 45 heavy (non-hydrogen) atoms. The molecule has 3 heterocycles. The molecule has 1 aromatic heterocycles. The lowest BCUT2D eigenvalue weighted by atomic mass is 9.85. The molecule has 1 N–H and O–H groups in total. The topological polar surface area (TPSA) is 111 Å². The molecule has 5 rings (SSSR count). The molecule has 0 unspecified atom stereocenters. The van der Waals surface area contributed by atoms with E-state index < -0.39 is 58.9 Å². The zero-order chi connectivity index (χ0) is 32.7. The number of benzene rings is 1. The molecule has 1 aliphatic carbocycles. The van der Waals surface area contributed by atoms with Gasteiger partial charge in [-0.15, -0.1) is 0 Å². The first-order chi connectivity index (χ1) is 21.1. The van der Waals surface area contributed by atoms with E-state index in [4.69, 9.17) is 9.47 Å². The van der Waals surface area contributed by atoms with Crippen LogP contribution in [0.3, 0.4) is 0 Å². The van der Waals surface area contributed by atoms with Crippen molar-refractivity contribution in [3.05, 3.63) is 29.5 Å². The predicted molar refractivity (Wildman–Crippen MR) is 160 cm³/mol. The van der Waals surface area contributed by atoms with E-state index in [0.29, 0.717) is 23.9 Å². The van der Waals surface area contributed by atoms with Gasteiger partial charge in [-0.2, -0.15) is 13.2 Å². The number of fused-ring (bicyclic) bond motifs is 5. The average molecular weight is 633 g/mol. The lowest BCUT2D eigenvalue weighted by Gasteiger charge is -2.37. The van der Waals surface area contributed by atoms with E-state index in [-0.39, 0.29) is 23.9 Å². The SMILES string of the molecule is C[C@@H]1[C@@H]2CN(C(=O)[C@H](C(C)(C)C)NC(=O)O[C@]3(C)CCC[C@H]3CCCCCc3nc4ccc(C(F)(F)F)cc4nc3O2)[C@@H]1C=O. The first-order valence-corrected chi connectivity index (χ1v) is 15.9. The quantitative estimate of drug-likeness (QED) is 0.370. The number of hydrogen-bond donors (Lipinski definition) is 1. The zero-order valence-corrected chi connectivity index (χ0v) is 26.6. The van der Waals surface area contributed by atoms with Crippen LogP contribution in [-0.4, -0.2) is 63.5 Å². The van der Waals surface area contributed by atoms with Crippen molar-refractivity contribution < 1.29 is 37.0 Å². The predicted octanol–water partition coefficient (Wildman–Crippen LogP) is 6.26. The van der Waals surface area contributed by atoms with Crippen molar-refractivity contribution in [3.8, 4) is 5.88 Å². The second kappa shape index (κ2) is 12.4. The number of aromatic nitrogens is 2. The molecule has 2 aromatic rings. The minimum atomic E-state index is -4.55. The Labute approximate surface area is 261 Å². The fourth-order valence-electron chi connectivity index (χ4n) is 7.04.